The first-order valence-corrected chi connectivity index (χ1v) is 9.39. The maximum atomic E-state index is 12.4. The number of rotatable bonds is 3. The summed E-state index contributed by atoms with van der Waals surface area (Å²) in [6, 6.07) is -0.807. The summed E-state index contributed by atoms with van der Waals surface area (Å²) >= 11 is 0. The van der Waals surface area contributed by atoms with Crippen molar-refractivity contribution < 1.29 is 26.4 Å². The number of nitrogens with zero attached hydrogens (tertiary/aromatic N) is 1. The van der Waals surface area contributed by atoms with E-state index >= 15 is 0 Å². The molecule has 0 aromatic carbocycles. The molecule has 2 atom stereocenters. The van der Waals surface area contributed by atoms with Crippen LogP contribution in [-0.4, -0.2) is 63.6 Å². The van der Waals surface area contributed by atoms with Crippen LogP contribution in [0.5, 0.6) is 0 Å². The van der Waals surface area contributed by atoms with Crippen molar-refractivity contribution in [2.75, 3.05) is 25.2 Å². The van der Waals surface area contributed by atoms with E-state index in [0.29, 0.717) is 12.8 Å². The molecule has 0 N–H and O–H groups in total. The molecule has 0 aliphatic carbocycles. The van der Waals surface area contributed by atoms with Crippen molar-refractivity contribution in [3.63, 3.8) is 0 Å². The Balaban J connectivity index is 2.22. The molecule has 0 saturated carbocycles. The Hall–Kier alpha value is -0.670. The van der Waals surface area contributed by atoms with Crippen molar-refractivity contribution >= 4 is 25.8 Å². The van der Waals surface area contributed by atoms with E-state index in [9.17, 15) is 21.6 Å². The molecule has 7 nitrogen and oxygen atoms in total. The minimum Gasteiger partial charge on any atom is -0.468 e. The van der Waals surface area contributed by atoms with Crippen LogP contribution in [0, 0.1) is 0 Å². The maximum Gasteiger partial charge on any atom is 0.324 e. The highest BCUT2D eigenvalue weighted by atomic mass is 32.2. The van der Waals surface area contributed by atoms with Crippen molar-refractivity contribution in [1.82, 2.24) is 4.31 Å². The van der Waals surface area contributed by atoms with E-state index in [2.05, 4.69) is 4.74 Å². The van der Waals surface area contributed by atoms with Gasteiger partial charge in [-0.15, -0.1) is 0 Å². The van der Waals surface area contributed by atoms with Gasteiger partial charge in [0.25, 0.3) is 0 Å². The summed E-state index contributed by atoms with van der Waals surface area (Å²) in [7, 11) is -5.82. The molecule has 0 amide bonds. The molecule has 0 spiro atoms. The number of sulfonamides is 1. The molecule has 2 aliphatic rings. The van der Waals surface area contributed by atoms with Gasteiger partial charge in [0.1, 0.15) is 6.04 Å². The van der Waals surface area contributed by atoms with Gasteiger partial charge in [0.15, 0.2) is 9.84 Å². The third-order valence-corrected chi connectivity index (χ3v) is 7.93. The average molecular weight is 311 g/mol. The Morgan fingerprint density at radius 1 is 1.32 bits per heavy atom. The lowest BCUT2D eigenvalue weighted by Gasteiger charge is -2.24. The molecule has 2 unspecified atom stereocenters. The Bertz CT molecular complexity index is 567. The monoisotopic (exact) mass is 311 g/mol. The molecule has 9 heteroatoms. The van der Waals surface area contributed by atoms with Crippen LogP contribution in [0.4, 0.5) is 0 Å². The van der Waals surface area contributed by atoms with E-state index in [1.54, 1.807) is 0 Å². The minimum atomic E-state index is -3.76. The smallest absolute Gasteiger partial charge is 0.324 e. The van der Waals surface area contributed by atoms with Gasteiger partial charge in [0, 0.05) is 6.54 Å². The van der Waals surface area contributed by atoms with E-state index in [-0.39, 0.29) is 24.5 Å². The van der Waals surface area contributed by atoms with Gasteiger partial charge in [-0.25, -0.2) is 16.8 Å². The molecule has 0 aromatic rings. The van der Waals surface area contributed by atoms with Crippen molar-refractivity contribution in [3.8, 4) is 0 Å². The van der Waals surface area contributed by atoms with Gasteiger partial charge >= 0.3 is 5.97 Å². The van der Waals surface area contributed by atoms with Crippen LogP contribution >= 0.6 is 0 Å². The van der Waals surface area contributed by atoms with Gasteiger partial charge in [-0.3, -0.25) is 4.79 Å². The summed E-state index contributed by atoms with van der Waals surface area (Å²) in [5.74, 6) is -1.03. The Morgan fingerprint density at radius 2 is 2.00 bits per heavy atom. The highest BCUT2D eigenvalue weighted by Gasteiger charge is 2.46. The molecule has 0 bridgehead atoms. The zero-order valence-corrected chi connectivity index (χ0v) is 12.2. The highest BCUT2D eigenvalue weighted by molar-refractivity contribution is 7.95. The van der Waals surface area contributed by atoms with Crippen molar-refractivity contribution in [2.45, 2.75) is 30.6 Å². The van der Waals surface area contributed by atoms with Gasteiger partial charge < -0.3 is 4.74 Å². The normalized spacial score (nSPS) is 31.4. The van der Waals surface area contributed by atoms with Gasteiger partial charge in [-0.1, -0.05) is 0 Å². The molecule has 2 fully saturated rings. The number of methoxy groups -OCH3 is 1. The summed E-state index contributed by atoms with van der Waals surface area (Å²) in [6.45, 7) is 0.249. The zero-order valence-electron chi connectivity index (χ0n) is 10.6. The minimum absolute atomic E-state index is 0.104. The van der Waals surface area contributed by atoms with E-state index in [0.717, 1.165) is 4.31 Å². The van der Waals surface area contributed by atoms with Crippen LogP contribution in [0.15, 0.2) is 0 Å². The standard InChI is InChI=1S/C10H17NO6S2/c1-17-10(12)9-3-2-5-11(9)19(15,16)8-4-6-18(13,14)7-8/h8-9H,2-7H2,1H3. The Kier molecular flexibility index (Phi) is 3.90. The lowest BCUT2D eigenvalue weighted by molar-refractivity contribution is -0.144. The second-order valence-electron chi connectivity index (χ2n) is 4.86. The van der Waals surface area contributed by atoms with Crippen molar-refractivity contribution in [1.29, 1.82) is 0 Å². The largest absolute Gasteiger partial charge is 0.468 e. The summed E-state index contributed by atoms with van der Waals surface area (Å²) in [4.78, 5) is 11.6. The molecular weight excluding hydrogens is 294 g/mol. The summed E-state index contributed by atoms with van der Waals surface area (Å²) in [5.41, 5.74) is 0. The third-order valence-electron chi connectivity index (χ3n) is 3.62. The average Bonchev–Trinajstić information content (AvgIpc) is 2.94. The molecule has 2 aliphatic heterocycles. The van der Waals surface area contributed by atoms with Crippen LogP contribution in [0.2, 0.25) is 0 Å². The van der Waals surface area contributed by atoms with E-state index in [1.807, 2.05) is 0 Å². The fraction of sp³-hybridized carbons (Fsp3) is 0.900. The van der Waals surface area contributed by atoms with Gasteiger partial charge in [0.2, 0.25) is 10.0 Å². The van der Waals surface area contributed by atoms with Crippen molar-refractivity contribution in [3.05, 3.63) is 0 Å². The fourth-order valence-electron chi connectivity index (χ4n) is 2.60. The summed E-state index contributed by atoms with van der Waals surface area (Å²) in [5, 5.41) is -0.928. The number of hydrogen-bond donors (Lipinski definition) is 0. The lowest BCUT2D eigenvalue weighted by Crippen LogP contribution is -2.45. The van der Waals surface area contributed by atoms with Crippen LogP contribution in [0.3, 0.4) is 0 Å². The molecule has 0 aromatic heterocycles. The Morgan fingerprint density at radius 3 is 2.53 bits per heavy atom. The molecule has 2 rings (SSSR count). The first-order valence-electron chi connectivity index (χ1n) is 6.07. The second-order valence-corrected chi connectivity index (χ2v) is 9.26. The maximum absolute atomic E-state index is 12.4. The SMILES string of the molecule is COC(=O)C1CCCN1S(=O)(=O)C1CCS(=O)(=O)C1. The van der Waals surface area contributed by atoms with Gasteiger partial charge in [-0.05, 0) is 19.3 Å². The number of carbonyl (C=O) groups is 1. The molecule has 0 radical (unpaired) electrons. The van der Waals surface area contributed by atoms with Crippen molar-refractivity contribution in [2.24, 2.45) is 0 Å². The summed E-state index contributed by atoms with van der Waals surface area (Å²) < 4.78 is 53.3. The first kappa shape index (κ1) is 14.7. The zero-order chi connectivity index (χ0) is 14.3. The number of sulfone groups is 1. The molecule has 2 saturated heterocycles. The summed E-state index contributed by atoms with van der Waals surface area (Å²) in [6.07, 6.45) is 1.11. The van der Waals surface area contributed by atoms with Gasteiger partial charge in [0.05, 0.1) is 23.9 Å². The van der Waals surface area contributed by atoms with Gasteiger partial charge in [-0.2, -0.15) is 4.31 Å². The van der Waals surface area contributed by atoms with Crippen LogP contribution in [0.25, 0.3) is 0 Å². The molecule has 110 valence electrons. The topological polar surface area (TPSA) is 97.8 Å². The number of ether oxygens (including phenoxy) is 1. The number of hydrogen-bond acceptors (Lipinski definition) is 6. The lowest BCUT2D eigenvalue weighted by atomic mass is 10.2. The van der Waals surface area contributed by atoms with Crippen LogP contribution < -0.4 is 0 Å². The predicted molar refractivity (Wildman–Crippen MR) is 67.7 cm³/mol. The first-order chi connectivity index (χ1) is 8.78. The highest BCUT2D eigenvalue weighted by Crippen LogP contribution is 2.28. The van der Waals surface area contributed by atoms with E-state index in [1.165, 1.54) is 7.11 Å². The van der Waals surface area contributed by atoms with Crippen LogP contribution in [0.1, 0.15) is 19.3 Å². The molecular formula is C10H17NO6S2. The second kappa shape index (κ2) is 5.02. The predicted octanol–water partition coefficient (Wildman–Crippen LogP) is -0.859. The quantitative estimate of drug-likeness (QED) is 0.629. The fourth-order valence-corrected chi connectivity index (χ4v) is 7.33. The third kappa shape index (κ3) is 2.77. The number of carbonyl (C=O) groups excluding carboxylic acids is 1. The molecule has 19 heavy (non-hydrogen) atoms. The molecule has 2 heterocycles. The Labute approximate surface area is 112 Å². The van der Waals surface area contributed by atoms with Crippen LogP contribution in [-0.2, 0) is 29.4 Å². The van der Waals surface area contributed by atoms with E-state index < -0.39 is 37.1 Å². The van der Waals surface area contributed by atoms with E-state index in [4.69, 9.17) is 0 Å². The number of esters is 1.